The fourth-order valence-electron chi connectivity index (χ4n) is 2.97. The van der Waals surface area contributed by atoms with Crippen molar-refractivity contribution in [2.75, 3.05) is 18.5 Å². The second-order valence-corrected chi connectivity index (χ2v) is 7.31. The van der Waals surface area contributed by atoms with Gasteiger partial charge < -0.3 is 15.0 Å². The first kappa shape index (κ1) is 19.1. The highest BCUT2D eigenvalue weighted by molar-refractivity contribution is 7.80. The molecule has 138 valence electrons. The van der Waals surface area contributed by atoms with E-state index in [1.54, 1.807) is 12.1 Å². The Morgan fingerprint density at radius 2 is 2.08 bits per heavy atom. The third-order valence-electron chi connectivity index (χ3n) is 4.45. The van der Waals surface area contributed by atoms with Crippen LogP contribution < -0.4 is 5.32 Å². The second kappa shape index (κ2) is 8.80. The molecule has 1 atom stereocenters. The van der Waals surface area contributed by atoms with Gasteiger partial charge in [-0.3, -0.25) is 0 Å². The average Bonchev–Trinajstić information content (AvgIpc) is 3.12. The van der Waals surface area contributed by atoms with Crippen molar-refractivity contribution in [2.45, 2.75) is 32.4 Å². The molecule has 0 saturated carbocycles. The third-order valence-corrected chi connectivity index (χ3v) is 5.16. The van der Waals surface area contributed by atoms with E-state index in [4.69, 9.17) is 28.6 Å². The van der Waals surface area contributed by atoms with Crippen molar-refractivity contribution in [1.29, 1.82) is 0 Å². The van der Waals surface area contributed by atoms with E-state index in [1.807, 2.05) is 36.1 Å². The number of nitrogens with one attached hydrogen (secondary N) is 1. The lowest BCUT2D eigenvalue weighted by atomic mass is 10.1. The highest BCUT2D eigenvalue weighted by Gasteiger charge is 2.23. The lowest BCUT2D eigenvalue weighted by Crippen LogP contribution is -2.39. The number of thiocarbonyl (C=S) groups is 1. The van der Waals surface area contributed by atoms with Crippen LogP contribution in [0.3, 0.4) is 0 Å². The summed E-state index contributed by atoms with van der Waals surface area (Å²) >= 11 is 11.8. The van der Waals surface area contributed by atoms with Gasteiger partial charge in [0.2, 0.25) is 0 Å². The number of halogens is 2. The Morgan fingerprint density at radius 3 is 2.73 bits per heavy atom. The van der Waals surface area contributed by atoms with Gasteiger partial charge in [0.05, 0.1) is 6.10 Å². The molecule has 26 heavy (non-hydrogen) atoms. The van der Waals surface area contributed by atoms with Crippen LogP contribution >= 0.6 is 23.8 Å². The summed E-state index contributed by atoms with van der Waals surface area (Å²) in [5.41, 5.74) is 2.52. The predicted molar refractivity (Wildman–Crippen MR) is 108 cm³/mol. The summed E-state index contributed by atoms with van der Waals surface area (Å²) in [5, 5.41) is 4.17. The number of anilines is 1. The van der Waals surface area contributed by atoms with Crippen LogP contribution in [0.15, 0.2) is 42.5 Å². The third kappa shape index (κ3) is 4.93. The Labute approximate surface area is 164 Å². The summed E-state index contributed by atoms with van der Waals surface area (Å²) in [6.45, 7) is 3.69. The van der Waals surface area contributed by atoms with Crippen LogP contribution in [-0.4, -0.2) is 29.3 Å². The molecule has 0 amide bonds. The molecular weight excluding hydrogens is 371 g/mol. The molecule has 0 aliphatic carbocycles. The minimum atomic E-state index is -0.326. The standard InChI is InChI=1S/C20H22ClFN2OS/c1-14-7-9-15(10-8-14)23-20(26)24(12-16-4-3-11-25-16)13-17-18(21)5-2-6-19(17)22/h2,5-10,16H,3-4,11-13H2,1H3,(H,23,26)/t16-/m1/s1. The predicted octanol–water partition coefficient (Wildman–Crippen LogP) is 5.17. The van der Waals surface area contributed by atoms with E-state index in [0.717, 1.165) is 25.1 Å². The van der Waals surface area contributed by atoms with Crippen molar-refractivity contribution in [3.8, 4) is 0 Å². The highest BCUT2D eigenvalue weighted by atomic mass is 35.5. The number of rotatable bonds is 5. The van der Waals surface area contributed by atoms with Gasteiger partial charge in [0.25, 0.3) is 0 Å². The molecule has 6 heteroatoms. The maximum absolute atomic E-state index is 14.3. The molecule has 1 heterocycles. The van der Waals surface area contributed by atoms with Crippen molar-refractivity contribution in [1.82, 2.24) is 4.90 Å². The van der Waals surface area contributed by atoms with Gasteiger partial charge in [0.1, 0.15) is 5.82 Å². The molecule has 3 rings (SSSR count). The number of aryl methyl sites for hydroxylation is 1. The Bertz CT molecular complexity index is 743. The molecule has 3 nitrogen and oxygen atoms in total. The summed E-state index contributed by atoms with van der Waals surface area (Å²) in [6.07, 6.45) is 2.12. The van der Waals surface area contributed by atoms with Gasteiger partial charge in [-0.15, -0.1) is 0 Å². The molecule has 0 radical (unpaired) electrons. The molecule has 0 unspecified atom stereocenters. The molecule has 0 bridgehead atoms. The first-order valence-electron chi connectivity index (χ1n) is 8.70. The van der Waals surface area contributed by atoms with Gasteiger partial charge in [-0.2, -0.15) is 0 Å². The molecule has 2 aromatic carbocycles. The molecule has 1 aliphatic heterocycles. The van der Waals surface area contributed by atoms with Crippen LogP contribution in [0.5, 0.6) is 0 Å². The highest BCUT2D eigenvalue weighted by Crippen LogP contribution is 2.23. The SMILES string of the molecule is Cc1ccc(NC(=S)N(Cc2c(F)cccc2Cl)C[C@H]2CCCO2)cc1. The fraction of sp³-hybridized carbons (Fsp3) is 0.350. The summed E-state index contributed by atoms with van der Waals surface area (Å²) in [7, 11) is 0. The van der Waals surface area contributed by atoms with Crippen molar-refractivity contribution < 1.29 is 9.13 Å². The first-order chi connectivity index (χ1) is 12.5. The van der Waals surface area contributed by atoms with Crippen molar-refractivity contribution in [2.24, 2.45) is 0 Å². The van der Waals surface area contributed by atoms with Gasteiger partial charge in [-0.1, -0.05) is 35.4 Å². The average molecular weight is 393 g/mol. The van der Waals surface area contributed by atoms with Crippen molar-refractivity contribution >= 4 is 34.6 Å². The zero-order chi connectivity index (χ0) is 18.5. The molecule has 0 aromatic heterocycles. The number of hydrogen-bond donors (Lipinski definition) is 1. The first-order valence-corrected chi connectivity index (χ1v) is 9.48. The normalized spacial score (nSPS) is 16.5. The van der Waals surface area contributed by atoms with E-state index in [-0.39, 0.29) is 11.9 Å². The minimum Gasteiger partial charge on any atom is -0.376 e. The number of hydrogen-bond acceptors (Lipinski definition) is 2. The Balaban J connectivity index is 1.77. The van der Waals surface area contributed by atoms with Crippen molar-refractivity contribution in [3.05, 3.63) is 64.4 Å². The summed E-state index contributed by atoms with van der Waals surface area (Å²) in [6, 6.07) is 12.7. The molecule has 1 N–H and O–H groups in total. The maximum atomic E-state index is 14.3. The van der Waals surface area contributed by atoms with E-state index in [2.05, 4.69) is 5.32 Å². The Hall–Kier alpha value is -1.69. The molecule has 0 spiro atoms. The monoisotopic (exact) mass is 392 g/mol. The second-order valence-electron chi connectivity index (χ2n) is 6.51. The largest absolute Gasteiger partial charge is 0.376 e. The van der Waals surface area contributed by atoms with E-state index >= 15 is 0 Å². The van der Waals surface area contributed by atoms with E-state index < -0.39 is 0 Å². The molecule has 1 aliphatic rings. The van der Waals surface area contributed by atoms with Crippen LogP contribution in [0.4, 0.5) is 10.1 Å². The molecule has 2 aromatic rings. The lowest BCUT2D eigenvalue weighted by Gasteiger charge is -2.29. The van der Waals surface area contributed by atoms with Gasteiger partial charge >= 0.3 is 0 Å². The van der Waals surface area contributed by atoms with Crippen LogP contribution in [0, 0.1) is 12.7 Å². The Kier molecular flexibility index (Phi) is 6.46. The zero-order valence-corrected chi connectivity index (χ0v) is 16.2. The minimum absolute atomic E-state index is 0.0957. The van der Waals surface area contributed by atoms with Gasteiger partial charge in [0, 0.05) is 36.0 Å². The van der Waals surface area contributed by atoms with Gasteiger partial charge in [-0.25, -0.2) is 4.39 Å². The Morgan fingerprint density at radius 1 is 1.31 bits per heavy atom. The van der Waals surface area contributed by atoms with Gasteiger partial charge in [-0.05, 0) is 56.2 Å². The lowest BCUT2D eigenvalue weighted by molar-refractivity contribution is 0.0903. The van der Waals surface area contributed by atoms with Crippen molar-refractivity contribution in [3.63, 3.8) is 0 Å². The fourth-order valence-corrected chi connectivity index (χ4v) is 3.45. The maximum Gasteiger partial charge on any atom is 0.173 e. The topological polar surface area (TPSA) is 24.5 Å². The number of nitrogens with zero attached hydrogens (tertiary/aromatic N) is 1. The van der Waals surface area contributed by atoms with E-state index in [0.29, 0.717) is 28.8 Å². The zero-order valence-electron chi connectivity index (χ0n) is 14.7. The van der Waals surface area contributed by atoms with Crippen LogP contribution in [0.1, 0.15) is 24.0 Å². The number of ether oxygens (including phenoxy) is 1. The van der Waals surface area contributed by atoms with Crippen LogP contribution in [0.25, 0.3) is 0 Å². The van der Waals surface area contributed by atoms with Gasteiger partial charge in [0.15, 0.2) is 5.11 Å². The van der Waals surface area contributed by atoms with Crippen LogP contribution in [0.2, 0.25) is 5.02 Å². The summed E-state index contributed by atoms with van der Waals surface area (Å²) in [5.74, 6) is -0.326. The number of benzene rings is 2. The van der Waals surface area contributed by atoms with E-state index in [1.165, 1.54) is 11.6 Å². The quantitative estimate of drug-likeness (QED) is 0.710. The summed E-state index contributed by atoms with van der Waals surface area (Å²) in [4.78, 5) is 1.93. The van der Waals surface area contributed by atoms with Crippen LogP contribution in [-0.2, 0) is 11.3 Å². The molecule has 1 fully saturated rings. The molecule has 1 saturated heterocycles. The summed E-state index contributed by atoms with van der Waals surface area (Å²) < 4.78 is 20.0. The smallest absolute Gasteiger partial charge is 0.173 e. The van der Waals surface area contributed by atoms with E-state index in [9.17, 15) is 4.39 Å². The molecular formula is C20H22ClFN2OS.